The second-order valence-electron chi connectivity index (χ2n) is 8.29. The lowest BCUT2D eigenvalue weighted by molar-refractivity contribution is -0.148. The molecule has 1 N–H and O–H groups in total. The van der Waals surface area contributed by atoms with E-state index in [2.05, 4.69) is 5.32 Å². The molecule has 0 saturated carbocycles. The SMILES string of the molecule is CC(C)[C@H](NC(=O)OCc1ccccc1)C(=O)OCc1cc(=O)oc2ccc3ccccc3c12. The standard InChI is InChI=1S/C27H25NO6/c1-17(2)25(28-27(31)33-15-18-8-4-3-5-9-18)26(30)32-16-20-14-23(29)34-22-13-12-19-10-6-7-11-21(19)24(20)22/h3-14,17,25H,15-16H2,1-2H3,(H,28,31)/t25-/m0/s1. The summed E-state index contributed by atoms with van der Waals surface area (Å²) in [4.78, 5) is 37.2. The Bertz CT molecular complexity index is 1380. The first-order valence-corrected chi connectivity index (χ1v) is 11.0. The number of hydrogen-bond donors (Lipinski definition) is 1. The molecule has 0 aliphatic carbocycles. The molecule has 1 aromatic heterocycles. The van der Waals surface area contributed by atoms with Crippen LogP contribution in [0.15, 0.2) is 82.0 Å². The van der Waals surface area contributed by atoms with Crippen LogP contribution < -0.4 is 10.9 Å². The Morgan fingerprint density at radius 1 is 0.912 bits per heavy atom. The first-order valence-electron chi connectivity index (χ1n) is 11.0. The summed E-state index contributed by atoms with van der Waals surface area (Å²) < 4.78 is 16.1. The molecule has 4 rings (SSSR count). The van der Waals surface area contributed by atoms with E-state index >= 15 is 0 Å². The maximum absolute atomic E-state index is 12.9. The van der Waals surface area contributed by atoms with E-state index in [0.717, 1.165) is 16.3 Å². The lowest BCUT2D eigenvalue weighted by Gasteiger charge is -2.21. The van der Waals surface area contributed by atoms with Crippen LogP contribution in [-0.2, 0) is 27.5 Å². The molecule has 0 fully saturated rings. The highest BCUT2D eigenvalue weighted by Crippen LogP contribution is 2.28. The molecule has 0 saturated heterocycles. The van der Waals surface area contributed by atoms with Crippen molar-refractivity contribution in [3.63, 3.8) is 0 Å². The van der Waals surface area contributed by atoms with Gasteiger partial charge in [-0.25, -0.2) is 14.4 Å². The van der Waals surface area contributed by atoms with Gasteiger partial charge in [-0.1, -0.05) is 74.5 Å². The molecular weight excluding hydrogens is 434 g/mol. The van der Waals surface area contributed by atoms with Gasteiger partial charge in [-0.15, -0.1) is 0 Å². The zero-order valence-electron chi connectivity index (χ0n) is 18.9. The minimum absolute atomic E-state index is 0.0887. The first-order chi connectivity index (χ1) is 16.4. The molecule has 7 nitrogen and oxygen atoms in total. The van der Waals surface area contributed by atoms with E-state index in [-0.39, 0.29) is 19.1 Å². The predicted molar refractivity (Wildman–Crippen MR) is 128 cm³/mol. The van der Waals surface area contributed by atoms with Crippen LogP contribution in [-0.4, -0.2) is 18.1 Å². The Kier molecular flexibility index (Phi) is 6.92. The summed E-state index contributed by atoms with van der Waals surface area (Å²) in [6.07, 6.45) is -0.712. The third kappa shape index (κ3) is 5.26. The van der Waals surface area contributed by atoms with Crippen molar-refractivity contribution < 1.29 is 23.5 Å². The molecule has 1 heterocycles. The number of nitrogens with one attached hydrogen (secondary N) is 1. The highest BCUT2D eigenvalue weighted by molar-refractivity contribution is 6.07. The van der Waals surface area contributed by atoms with Crippen LogP contribution >= 0.6 is 0 Å². The van der Waals surface area contributed by atoms with Crippen LogP contribution in [0.1, 0.15) is 25.0 Å². The average Bonchev–Trinajstić information content (AvgIpc) is 2.84. The summed E-state index contributed by atoms with van der Waals surface area (Å²) in [7, 11) is 0. The Hall–Kier alpha value is -4.13. The quantitative estimate of drug-likeness (QED) is 0.239. The van der Waals surface area contributed by atoms with E-state index in [1.54, 1.807) is 19.9 Å². The van der Waals surface area contributed by atoms with Crippen LogP contribution in [0.3, 0.4) is 0 Å². The van der Waals surface area contributed by atoms with Gasteiger partial charge < -0.3 is 19.2 Å². The average molecular weight is 459 g/mol. The van der Waals surface area contributed by atoms with Crippen molar-refractivity contribution in [2.75, 3.05) is 0 Å². The van der Waals surface area contributed by atoms with Crippen molar-refractivity contribution >= 4 is 33.8 Å². The third-order valence-electron chi connectivity index (χ3n) is 5.49. The van der Waals surface area contributed by atoms with E-state index in [4.69, 9.17) is 13.9 Å². The molecule has 0 bridgehead atoms. The minimum Gasteiger partial charge on any atom is -0.459 e. The molecule has 0 aliphatic heterocycles. The van der Waals surface area contributed by atoms with Crippen LogP contribution in [0.4, 0.5) is 4.79 Å². The maximum Gasteiger partial charge on any atom is 0.408 e. The highest BCUT2D eigenvalue weighted by atomic mass is 16.6. The zero-order chi connectivity index (χ0) is 24.1. The number of rotatable bonds is 7. The number of alkyl carbamates (subject to hydrolysis) is 1. The lowest BCUT2D eigenvalue weighted by Crippen LogP contribution is -2.45. The van der Waals surface area contributed by atoms with Gasteiger partial charge in [0.2, 0.25) is 0 Å². The number of benzene rings is 3. The monoisotopic (exact) mass is 459 g/mol. The fraction of sp³-hybridized carbons (Fsp3) is 0.222. The summed E-state index contributed by atoms with van der Waals surface area (Å²) in [5.74, 6) is -0.858. The van der Waals surface area contributed by atoms with Crippen molar-refractivity contribution in [2.24, 2.45) is 5.92 Å². The minimum atomic E-state index is -0.911. The molecule has 0 radical (unpaired) electrons. The Morgan fingerprint density at radius 2 is 1.65 bits per heavy atom. The van der Waals surface area contributed by atoms with Gasteiger partial charge in [0.15, 0.2) is 0 Å². The largest absolute Gasteiger partial charge is 0.459 e. The van der Waals surface area contributed by atoms with Crippen molar-refractivity contribution in [3.05, 3.63) is 94.3 Å². The normalized spacial score (nSPS) is 12.0. The maximum atomic E-state index is 12.9. The molecule has 34 heavy (non-hydrogen) atoms. The second-order valence-corrected chi connectivity index (χ2v) is 8.29. The molecule has 0 spiro atoms. The van der Waals surface area contributed by atoms with Gasteiger partial charge in [0, 0.05) is 17.0 Å². The summed E-state index contributed by atoms with van der Waals surface area (Å²) in [6.45, 7) is 3.54. The summed E-state index contributed by atoms with van der Waals surface area (Å²) in [5.41, 5.74) is 1.26. The van der Waals surface area contributed by atoms with Crippen LogP contribution in [0, 0.1) is 5.92 Å². The molecule has 0 unspecified atom stereocenters. The molecule has 0 aliphatic rings. The van der Waals surface area contributed by atoms with E-state index < -0.39 is 23.7 Å². The van der Waals surface area contributed by atoms with E-state index in [1.807, 2.05) is 60.7 Å². The molecule has 1 atom stereocenters. The molecule has 7 heteroatoms. The van der Waals surface area contributed by atoms with Gasteiger partial charge in [-0.05, 0) is 28.3 Å². The van der Waals surface area contributed by atoms with Gasteiger partial charge in [0.05, 0.1) is 0 Å². The van der Waals surface area contributed by atoms with Gasteiger partial charge in [0.1, 0.15) is 24.8 Å². The van der Waals surface area contributed by atoms with Gasteiger partial charge in [-0.3, -0.25) is 0 Å². The number of carbonyl (C=O) groups is 2. The third-order valence-corrected chi connectivity index (χ3v) is 5.49. The van der Waals surface area contributed by atoms with E-state index in [1.165, 1.54) is 6.07 Å². The van der Waals surface area contributed by atoms with Gasteiger partial charge in [0.25, 0.3) is 0 Å². The summed E-state index contributed by atoms with van der Waals surface area (Å²) in [5, 5.41) is 5.15. The fourth-order valence-corrected chi connectivity index (χ4v) is 3.76. The number of carbonyl (C=O) groups excluding carboxylic acids is 2. The highest BCUT2D eigenvalue weighted by Gasteiger charge is 2.27. The number of fused-ring (bicyclic) bond motifs is 3. The van der Waals surface area contributed by atoms with Crippen LogP contribution in [0.5, 0.6) is 0 Å². The van der Waals surface area contributed by atoms with Crippen molar-refractivity contribution in [2.45, 2.75) is 33.1 Å². The number of esters is 1. The van der Waals surface area contributed by atoms with Crippen molar-refractivity contribution in [1.29, 1.82) is 0 Å². The Labute approximate surface area is 196 Å². The second kappa shape index (κ2) is 10.2. The fourth-order valence-electron chi connectivity index (χ4n) is 3.76. The first kappa shape index (κ1) is 23.0. The Balaban J connectivity index is 1.48. The zero-order valence-corrected chi connectivity index (χ0v) is 18.9. The molecule has 174 valence electrons. The number of amides is 1. The molecule has 3 aromatic carbocycles. The van der Waals surface area contributed by atoms with Crippen LogP contribution in [0.2, 0.25) is 0 Å². The van der Waals surface area contributed by atoms with E-state index in [9.17, 15) is 14.4 Å². The molecule has 1 amide bonds. The van der Waals surface area contributed by atoms with E-state index in [0.29, 0.717) is 16.5 Å². The topological polar surface area (TPSA) is 94.8 Å². The van der Waals surface area contributed by atoms with Crippen LogP contribution in [0.25, 0.3) is 21.7 Å². The predicted octanol–water partition coefficient (Wildman–Crippen LogP) is 4.94. The summed E-state index contributed by atoms with van der Waals surface area (Å²) in [6, 6.07) is 20.9. The summed E-state index contributed by atoms with van der Waals surface area (Å²) >= 11 is 0. The van der Waals surface area contributed by atoms with Gasteiger partial charge in [-0.2, -0.15) is 0 Å². The number of ether oxygens (including phenoxy) is 2. The molecular formula is C27H25NO6. The lowest BCUT2D eigenvalue weighted by atomic mass is 10.0. The van der Waals surface area contributed by atoms with Gasteiger partial charge >= 0.3 is 17.7 Å². The smallest absolute Gasteiger partial charge is 0.408 e. The molecule has 4 aromatic rings. The Morgan fingerprint density at radius 3 is 2.41 bits per heavy atom. The van der Waals surface area contributed by atoms with Crippen molar-refractivity contribution in [3.8, 4) is 0 Å². The van der Waals surface area contributed by atoms with Crippen molar-refractivity contribution in [1.82, 2.24) is 5.32 Å². The number of hydrogen-bond acceptors (Lipinski definition) is 6.